The number of amides is 1. The first kappa shape index (κ1) is 16.6. The zero-order valence-electron chi connectivity index (χ0n) is 11.8. The highest BCUT2D eigenvalue weighted by Crippen LogP contribution is 2.30. The highest BCUT2D eigenvalue weighted by atomic mass is 16.6. The van der Waals surface area contributed by atoms with Crippen LogP contribution in [0.5, 0.6) is 5.88 Å². The number of nitro groups is 1. The molecule has 0 spiro atoms. The van der Waals surface area contributed by atoms with Gasteiger partial charge in [0.1, 0.15) is 6.33 Å². The molecule has 2 N–H and O–H groups in total. The van der Waals surface area contributed by atoms with Crippen molar-refractivity contribution in [1.82, 2.24) is 15.3 Å². The molecule has 10 heteroatoms. The fourth-order valence-corrected chi connectivity index (χ4v) is 1.48. The molecule has 116 valence electrons. The van der Waals surface area contributed by atoms with Gasteiger partial charge in [-0.25, -0.2) is 4.98 Å². The number of hydrogen-bond donors (Lipinski definition) is 2. The Bertz CT molecular complexity index is 496. The lowest BCUT2D eigenvalue weighted by molar-refractivity contribution is -0.385. The smallest absolute Gasteiger partial charge is 0.372 e. The van der Waals surface area contributed by atoms with Gasteiger partial charge in [-0.05, 0) is 0 Å². The summed E-state index contributed by atoms with van der Waals surface area (Å²) < 4.78 is 9.61. The van der Waals surface area contributed by atoms with Gasteiger partial charge in [-0.1, -0.05) is 0 Å². The molecule has 1 heterocycles. The van der Waals surface area contributed by atoms with Crippen LogP contribution in [-0.2, 0) is 9.53 Å². The van der Waals surface area contributed by atoms with Gasteiger partial charge in [0.25, 0.3) is 5.88 Å². The summed E-state index contributed by atoms with van der Waals surface area (Å²) in [4.78, 5) is 29.2. The Morgan fingerprint density at radius 1 is 1.38 bits per heavy atom. The zero-order valence-corrected chi connectivity index (χ0v) is 11.8. The van der Waals surface area contributed by atoms with E-state index in [0.29, 0.717) is 13.2 Å². The highest BCUT2D eigenvalue weighted by Gasteiger charge is 2.23. The molecule has 1 amide bonds. The van der Waals surface area contributed by atoms with E-state index >= 15 is 0 Å². The number of rotatable bonds is 9. The molecule has 0 unspecified atom stereocenters. The first-order valence-corrected chi connectivity index (χ1v) is 6.13. The van der Waals surface area contributed by atoms with E-state index < -0.39 is 4.92 Å². The minimum atomic E-state index is -0.639. The van der Waals surface area contributed by atoms with Crippen molar-refractivity contribution < 1.29 is 19.2 Å². The summed E-state index contributed by atoms with van der Waals surface area (Å²) >= 11 is 0. The average Bonchev–Trinajstić information content (AvgIpc) is 2.47. The molecule has 1 aromatic rings. The van der Waals surface area contributed by atoms with E-state index in [1.54, 1.807) is 0 Å². The maximum absolute atomic E-state index is 11.5. The molecule has 21 heavy (non-hydrogen) atoms. The van der Waals surface area contributed by atoms with E-state index in [0.717, 1.165) is 6.33 Å². The Morgan fingerprint density at radius 2 is 2.14 bits per heavy atom. The number of carbonyl (C=O) groups is 1. The Balaban J connectivity index is 2.56. The van der Waals surface area contributed by atoms with E-state index in [2.05, 4.69) is 20.6 Å². The normalized spacial score (nSPS) is 10.0. The van der Waals surface area contributed by atoms with Crippen LogP contribution in [0.15, 0.2) is 6.33 Å². The topological polar surface area (TPSA) is 129 Å². The zero-order chi connectivity index (χ0) is 15.7. The lowest BCUT2D eigenvalue weighted by atomic mass is 10.3. The maximum Gasteiger partial charge on any atom is 0.372 e. The Hall–Kier alpha value is -2.49. The minimum absolute atomic E-state index is 0.0107. The number of methoxy groups -OCH3 is 2. The molecule has 0 fully saturated rings. The van der Waals surface area contributed by atoms with Crippen LogP contribution >= 0.6 is 0 Å². The number of ether oxygens (including phenoxy) is 2. The molecule has 1 aromatic heterocycles. The molecule has 0 aromatic carbocycles. The monoisotopic (exact) mass is 299 g/mol. The van der Waals surface area contributed by atoms with E-state index in [1.807, 2.05) is 0 Å². The minimum Gasteiger partial charge on any atom is -0.476 e. The summed E-state index contributed by atoms with van der Waals surface area (Å²) in [6.45, 7) is 1.03. The van der Waals surface area contributed by atoms with Crippen LogP contribution in [0.4, 0.5) is 11.5 Å². The molecule has 0 saturated carbocycles. The van der Waals surface area contributed by atoms with Crippen LogP contribution in [-0.4, -0.2) is 54.7 Å². The molecular weight excluding hydrogens is 282 g/mol. The van der Waals surface area contributed by atoms with Gasteiger partial charge in [-0.2, -0.15) is 4.98 Å². The van der Waals surface area contributed by atoms with Crippen molar-refractivity contribution in [2.75, 3.05) is 39.2 Å². The Labute approximate surface area is 121 Å². The molecule has 1 rings (SSSR count). The van der Waals surface area contributed by atoms with Crippen molar-refractivity contribution in [3.63, 3.8) is 0 Å². The molecule has 0 saturated heterocycles. The SMILES string of the molecule is COCCNC(=O)CCNc1ncnc(OC)c1[N+](=O)[O-]. The van der Waals surface area contributed by atoms with Crippen molar-refractivity contribution in [1.29, 1.82) is 0 Å². The van der Waals surface area contributed by atoms with Gasteiger partial charge < -0.3 is 20.1 Å². The fourth-order valence-electron chi connectivity index (χ4n) is 1.48. The number of hydrogen-bond acceptors (Lipinski definition) is 8. The first-order chi connectivity index (χ1) is 10.1. The van der Waals surface area contributed by atoms with Crippen LogP contribution in [0.2, 0.25) is 0 Å². The summed E-state index contributed by atoms with van der Waals surface area (Å²) in [6.07, 6.45) is 1.29. The first-order valence-electron chi connectivity index (χ1n) is 6.13. The lowest BCUT2D eigenvalue weighted by Gasteiger charge is -2.08. The Morgan fingerprint density at radius 3 is 2.76 bits per heavy atom. The second-order valence-corrected chi connectivity index (χ2v) is 3.86. The van der Waals surface area contributed by atoms with Crippen LogP contribution in [0.1, 0.15) is 6.42 Å². The van der Waals surface area contributed by atoms with Gasteiger partial charge in [-0.15, -0.1) is 0 Å². The van der Waals surface area contributed by atoms with E-state index in [-0.39, 0.29) is 36.3 Å². The van der Waals surface area contributed by atoms with Gasteiger partial charge in [0.05, 0.1) is 18.6 Å². The van der Waals surface area contributed by atoms with Crippen LogP contribution in [0.3, 0.4) is 0 Å². The van der Waals surface area contributed by atoms with Crippen molar-refractivity contribution in [3.05, 3.63) is 16.4 Å². The largest absolute Gasteiger partial charge is 0.476 e. The number of nitrogens with zero attached hydrogens (tertiary/aromatic N) is 3. The quantitative estimate of drug-likeness (QED) is 0.369. The van der Waals surface area contributed by atoms with E-state index in [9.17, 15) is 14.9 Å². The number of anilines is 1. The molecule has 0 aliphatic rings. The fraction of sp³-hybridized carbons (Fsp3) is 0.545. The van der Waals surface area contributed by atoms with Crippen LogP contribution in [0, 0.1) is 10.1 Å². The lowest BCUT2D eigenvalue weighted by Crippen LogP contribution is -2.28. The van der Waals surface area contributed by atoms with Crippen molar-refractivity contribution in [2.24, 2.45) is 0 Å². The van der Waals surface area contributed by atoms with Crippen LogP contribution < -0.4 is 15.4 Å². The summed E-state index contributed by atoms with van der Waals surface area (Å²) in [5.41, 5.74) is -0.361. The maximum atomic E-state index is 11.5. The van der Waals surface area contributed by atoms with Gasteiger partial charge in [-0.3, -0.25) is 14.9 Å². The molecule has 0 bridgehead atoms. The Kier molecular flexibility index (Phi) is 6.81. The predicted octanol–water partition coefficient (Wildman–Crippen LogP) is -0.0420. The van der Waals surface area contributed by atoms with E-state index in [4.69, 9.17) is 9.47 Å². The molecule has 0 aliphatic heterocycles. The molecule has 0 radical (unpaired) electrons. The van der Waals surface area contributed by atoms with Crippen molar-refractivity contribution in [3.8, 4) is 5.88 Å². The number of nitrogens with one attached hydrogen (secondary N) is 2. The van der Waals surface area contributed by atoms with Gasteiger partial charge in [0, 0.05) is 26.6 Å². The third kappa shape index (κ3) is 5.18. The van der Waals surface area contributed by atoms with Gasteiger partial charge in [0.15, 0.2) is 0 Å². The average molecular weight is 299 g/mol. The summed E-state index contributed by atoms with van der Waals surface area (Å²) in [6, 6.07) is 0. The number of aromatic nitrogens is 2. The van der Waals surface area contributed by atoms with Crippen LogP contribution in [0.25, 0.3) is 0 Å². The summed E-state index contributed by atoms with van der Waals surface area (Å²) in [5, 5.41) is 16.3. The van der Waals surface area contributed by atoms with Gasteiger partial charge >= 0.3 is 5.69 Å². The second-order valence-electron chi connectivity index (χ2n) is 3.86. The third-order valence-corrected chi connectivity index (χ3v) is 2.44. The standard InChI is InChI=1S/C11H17N5O5/c1-20-6-5-12-8(17)3-4-13-10-9(16(18)19)11(21-2)15-7-14-10/h7H,3-6H2,1-2H3,(H,12,17)(H,13,14,15). The summed E-state index contributed by atoms with van der Waals surface area (Å²) in [5.74, 6) is -0.318. The molecular formula is C11H17N5O5. The van der Waals surface area contributed by atoms with Crippen molar-refractivity contribution >= 4 is 17.4 Å². The van der Waals surface area contributed by atoms with Crippen molar-refractivity contribution in [2.45, 2.75) is 6.42 Å². The molecule has 0 aliphatic carbocycles. The number of carbonyl (C=O) groups excluding carboxylic acids is 1. The predicted molar refractivity (Wildman–Crippen MR) is 73.2 cm³/mol. The summed E-state index contributed by atoms with van der Waals surface area (Å²) in [7, 11) is 2.82. The highest BCUT2D eigenvalue weighted by molar-refractivity contribution is 5.76. The van der Waals surface area contributed by atoms with Gasteiger partial charge in [0.2, 0.25) is 11.7 Å². The molecule has 0 atom stereocenters. The second kappa shape index (κ2) is 8.64. The third-order valence-electron chi connectivity index (χ3n) is 2.44. The van der Waals surface area contributed by atoms with E-state index in [1.165, 1.54) is 14.2 Å². The molecule has 10 nitrogen and oxygen atoms in total.